The van der Waals surface area contributed by atoms with Crippen LogP contribution >= 0.6 is 24.0 Å². The highest BCUT2D eigenvalue weighted by molar-refractivity contribution is 14.0. The number of amides is 1. The second kappa shape index (κ2) is 11.0. The van der Waals surface area contributed by atoms with Crippen LogP contribution in [0.1, 0.15) is 27.2 Å². The van der Waals surface area contributed by atoms with E-state index in [2.05, 4.69) is 15.2 Å². The van der Waals surface area contributed by atoms with E-state index in [1.807, 2.05) is 20.8 Å². The van der Waals surface area contributed by atoms with Crippen molar-refractivity contribution in [3.8, 4) is 0 Å². The minimum atomic E-state index is -0.472. The summed E-state index contributed by atoms with van der Waals surface area (Å²) in [6.45, 7) is 9.50. The van der Waals surface area contributed by atoms with Crippen LogP contribution in [-0.4, -0.2) is 81.4 Å². The fourth-order valence-electron chi connectivity index (χ4n) is 2.50. The zero-order chi connectivity index (χ0) is 17.5. The number of ether oxygens (including phenoxy) is 2. The average molecular weight is 456 g/mol. The summed E-state index contributed by atoms with van der Waals surface area (Å²) < 4.78 is 10.5. The lowest BCUT2D eigenvalue weighted by Gasteiger charge is -2.26. The Labute approximate surface area is 163 Å². The van der Waals surface area contributed by atoms with Crippen LogP contribution in [0.25, 0.3) is 0 Å². The van der Waals surface area contributed by atoms with E-state index in [-0.39, 0.29) is 30.1 Å². The van der Waals surface area contributed by atoms with Gasteiger partial charge < -0.3 is 24.6 Å². The van der Waals surface area contributed by atoms with E-state index in [4.69, 9.17) is 9.47 Å². The smallest absolute Gasteiger partial charge is 0.410 e. The molecule has 142 valence electrons. The lowest BCUT2D eigenvalue weighted by atomic mass is 10.1. The van der Waals surface area contributed by atoms with Gasteiger partial charge in [-0.2, -0.15) is 0 Å². The van der Waals surface area contributed by atoms with Gasteiger partial charge in [0.25, 0.3) is 0 Å². The molecule has 1 fully saturated rings. The second-order valence-electron chi connectivity index (χ2n) is 6.93. The van der Waals surface area contributed by atoms with Crippen molar-refractivity contribution < 1.29 is 14.3 Å². The van der Waals surface area contributed by atoms with Gasteiger partial charge in [-0.05, 0) is 27.2 Å². The molecule has 1 saturated heterocycles. The monoisotopic (exact) mass is 456 g/mol. The first-order valence-electron chi connectivity index (χ1n) is 8.15. The van der Waals surface area contributed by atoms with E-state index in [9.17, 15) is 4.79 Å². The number of aliphatic imine (C=N–C) groups is 1. The number of halogens is 1. The molecule has 0 bridgehead atoms. The summed E-state index contributed by atoms with van der Waals surface area (Å²) in [5, 5.41) is 3.31. The zero-order valence-corrected chi connectivity index (χ0v) is 18.1. The van der Waals surface area contributed by atoms with Crippen LogP contribution in [0.3, 0.4) is 0 Å². The summed E-state index contributed by atoms with van der Waals surface area (Å²) in [5.41, 5.74) is -0.472. The van der Waals surface area contributed by atoms with Gasteiger partial charge in [-0.25, -0.2) is 4.79 Å². The number of nitrogens with one attached hydrogen (secondary N) is 1. The Bertz CT molecular complexity index is 413. The van der Waals surface area contributed by atoms with Gasteiger partial charge >= 0.3 is 6.09 Å². The minimum Gasteiger partial charge on any atom is -0.444 e. The van der Waals surface area contributed by atoms with Gasteiger partial charge in [0.05, 0.1) is 6.61 Å². The second-order valence-corrected chi connectivity index (χ2v) is 6.93. The molecule has 1 heterocycles. The van der Waals surface area contributed by atoms with Crippen LogP contribution in [0.2, 0.25) is 0 Å². The first-order valence-corrected chi connectivity index (χ1v) is 8.15. The van der Waals surface area contributed by atoms with Crippen molar-refractivity contribution in [2.24, 2.45) is 10.9 Å². The summed E-state index contributed by atoms with van der Waals surface area (Å²) in [5.74, 6) is 1.43. The lowest BCUT2D eigenvalue weighted by Crippen LogP contribution is -2.44. The van der Waals surface area contributed by atoms with E-state index < -0.39 is 5.60 Å². The third-order valence-corrected chi connectivity index (χ3v) is 3.64. The number of methoxy groups -OCH3 is 1. The molecular formula is C16H33IN4O3. The number of nitrogens with zero attached hydrogens (tertiary/aromatic N) is 3. The molecular weight excluding hydrogens is 423 g/mol. The molecule has 1 aliphatic heterocycles. The predicted molar refractivity (Wildman–Crippen MR) is 107 cm³/mol. The summed E-state index contributed by atoms with van der Waals surface area (Å²) in [6.07, 6.45) is 0.808. The predicted octanol–water partition coefficient (Wildman–Crippen LogP) is 2.02. The number of likely N-dealkylation sites (tertiary alicyclic amines) is 1. The van der Waals surface area contributed by atoms with Gasteiger partial charge in [-0.3, -0.25) is 4.99 Å². The van der Waals surface area contributed by atoms with Crippen molar-refractivity contribution in [3.63, 3.8) is 0 Å². The van der Waals surface area contributed by atoms with Crippen molar-refractivity contribution in [1.29, 1.82) is 0 Å². The molecule has 24 heavy (non-hydrogen) atoms. The van der Waals surface area contributed by atoms with Gasteiger partial charge in [-0.15, -0.1) is 24.0 Å². The van der Waals surface area contributed by atoms with Crippen LogP contribution < -0.4 is 5.32 Å². The normalized spacial score (nSPS) is 18.2. The summed E-state index contributed by atoms with van der Waals surface area (Å²) in [7, 11) is 5.26. The molecule has 0 aromatic heterocycles. The number of rotatable bonds is 5. The van der Waals surface area contributed by atoms with E-state index in [1.165, 1.54) is 0 Å². The van der Waals surface area contributed by atoms with Crippen LogP contribution in [0.4, 0.5) is 4.79 Å². The molecule has 1 unspecified atom stereocenters. The average Bonchev–Trinajstić information content (AvgIpc) is 2.90. The molecule has 8 heteroatoms. The Morgan fingerprint density at radius 1 is 1.42 bits per heavy atom. The van der Waals surface area contributed by atoms with E-state index in [0.29, 0.717) is 19.0 Å². The molecule has 1 rings (SSSR count). The molecule has 0 aliphatic carbocycles. The van der Waals surface area contributed by atoms with Gasteiger partial charge in [0.1, 0.15) is 5.60 Å². The lowest BCUT2D eigenvalue weighted by molar-refractivity contribution is 0.0302. The minimum absolute atomic E-state index is 0. The first kappa shape index (κ1) is 23.2. The molecule has 0 spiro atoms. The number of likely N-dealkylation sites (N-methyl/N-ethyl adjacent to an activating group) is 1. The number of hydrogen-bond donors (Lipinski definition) is 1. The fourth-order valence-corrected chi connectivity index (χ4v) is 2.50. The van der Waals surface area contributed by atoms with Crippen molar-refractivity contribution in [2.45, 2.75) is 32.8 Å². The van der Waals surface area contributed by atoms with Crippen molar-refractivity contribution >= 4 is 36.0 Å². The molecule has 1 amide bonds. The molecule has 1 N–H and O–H groups in total. The van der Waals surface area contributed by atoms with Crippen molar-refractivity contribution in [3.05, 3.63) is 0 Å². The quantitative estimate of drug-likeness (QED) is 0.390. The fraction of sp³-hybridized carbons (Fsp3) is 0.875. The van der Waals surface area contributed by atoms with Crippen LogP contribution in [0, 0.1) is 5.92 Å². The Morgan fingerprint density at radius 3 is 2.62 bits per heavy atom. The topological polar surface area (TPSA) is 66.4 Å². The Hall–Kier alpha value is -0.770. The zero-order valence-electron chi connectivity index (χ0n) is 15.8. The molecule has 0 saturated carbocycles. The van der Waals surface area contributed by atoms with Crippen molar-refractivity contribution in [1.82, 2.24) is 15.1 Å². The van der Waals surface area contributed by atoms with Crippen molar-refractivity contribution in [2.75, 3.05) is 54.0 Å². The molecule has 1 aliphatic rings. The van der Waals surface area contributed by atoms with Crippen LogP contribution in [-0.2, 0) is 9.47 Å². The molecule has 0 aromatic carbocycles. The van der Waals surface area contributed by atoms with Gasteiger partial charge in [0.15, 0.2) is 5.96 Å². The maximum Gasteiger partial charge on any atom is 0.410 e. The SMILES string of the molecule is CN=C(NCCN(C)C(=O)OC(C)(C)C)N1CCC(COC)C1.I. The third-order valence-electron chi connectivity index (χ3n) is 3.64. The maximum absolute atomic E-state index is 11.9. The summed E-state index contributed by atoms with van der Waals surface area (Å²) in [6, 6.07) is 0. The number of hydrogen-bond acceptors (Lipinski definition) is 4. The van der Waals surface area contributed by atoms with Gasteiger partial charge in [0.2, 0.25) is 0 Å². The standard InChI is InChI=1S/C16H32N4O3.HI/c1-16(2,3)23-15(21)19(5)10-8-18-14(17-4)20-9-7-13(11-20)12-22-6;/h13H,7-12H2,1-6H3,(H,17,18);1H. The molecule has 1 atom stereocenters. The number of carbonyl (C=O) groups is 1. The molecule has 7 nitrogen and oxygen atoms in total. The third kappa shape index (κ3) is 8.36. The number of guanidine groups is 1. The Kier molecular flexibility index (Phi) is 10.6. The van der Waals surface area contributed by atoms with Gasteiger partial charge in [-0.1, -0.05) is 0 Å². The van der Waals surface area contributed by atoms with Crippen LogP contribution in [0.5, 0.6) is 0 Å². The number of carbonyl (C=O) groups excluding carboxylic acids is 1. The maximum atomic E-state index is 11.9. The highest BCUT2D eigenvalue weighted by Crippen LogP contribution is 2.16. The van der Waals surface area contributed by atoms with E-state index >= 15 is 0 Å². The molecule has 0 aromatic rings. The van der Waals surface area contributed by atoms with Gasteiger partial charge in [0, 0.05) is 53.3 Å². The summed E-state index contributed by atoms with van der Waals surface area (Å²) >= 11 is 0. The Balaban J connectivity index is 0.00000529. The highest BCUT2D eigenvalue weighted by atomic mass is 127. The Morgan fingerprint density at radius 2 is 2.08 bits per heavy atom. The van der Waals surface area contributed by atoms with E-state index in [1.54, 1.807) is 26.1 Å². The first-order chi connectivity index (χ1) is 10.8. The summed E-state index contributed by atoms with van der Waals surface area (Å²) in [4.78, 5) is 20.0. The molecule has 0 radical (unpaired) electrons. The van der Waals surface area contributed by atoms with E-state index in [0.717, 1.165) is 32.1 Å². The van der Waals surface area contributed by atoms with Crippen LogP contribution in [0.15, 0.2) is 4.99 Å². The largest absolute Gasteiger partial charge is 0.444 e. The highest BCUT2D eigenvalue weighted by Gasteiger charge is 2.25.